The van der Waals surface area contributed by atoms with E-state index >= 15 is 0 Å². The van der Waals surface area contributed by atoms with Crippen molar-refractivity contribution >= 4 is 11.7 Å². The van der Waals surface area contributed by atoms with Crippen LogP contribution in [0, 0.1) is 0 Å². The molecule has 1 heterocycles. The van der Waals surface area contributed by atoms with Crippen molar-refractivity contribution in [2.45, 2.75) is 12.5 Å². The number of methoxy groups -OCH3 is 1. The summed E-state index contributed by atoms with van der Waals surface area (Å²) in [6.07, 6.45) is 0.671. The number of phenols is 1. The molecule has 2 aromatic rings. The van der Waals surface area contributed by atoms with E-state index in [0.29, 0.717) is 24.1 Å². The molecule has 0 fully saturated rings. The topological polar surface area (TPSA) is 90.3 Å². The van der Waals surface area contributed by atoms with Gasteiger partial charge < -0.3 is 24.7 Å². The molecular formula is C23H26N2O5. The minimum Gasteiger partial charge on any atom is -0.504 e. The number of amides is 1. The fourth-order valence-electron chi connectivity index (χ4n) is 3.63. The highest BCUT2D eigenvalue weighted by molar-refractivity contribution is 6.16. The van der Waals surface area contributed by atoms with Gasteiger partial charge in [0.25, 0.3) is 5.91 Å². The number of carbonyl (C=O) groups is 2. The summed E-state index contributed by atoms with van der Waals surface area (Å²) in [7, 11) is 5.30. The third-order valence-corrected chi connectivity index (χ3v) is 5.11. The Balaban J connectivity index is 2.06. The average molecular weight is 410 g/mol. The van der Waals surface area contributed by atoms with E-state index in [2.05, 4.69) is 0 Å². The zero-order valence-electron chi connectivity index (χ0n) is 17.3. The van der Waals surface area contributed by atoms with Crippen LogP contribution < -0.4 is 4.74 Å². The van der Waals surface area contributed by atoms with Crippen LogP contribution >= 0.6 is 0 Å². The fourth-order valence-corrected chi connectivity index (χ4v) is 3.63. The number of nitrogens with zero attached hydrogens (tertiary/aromatic N) is 2. The first kappa shape index (κ1) is 21.4. The zero-order valence-corrected chi connectivity index (χ0v) is 17.3. The van der Waals surface area contributed by atoms with E-state index < -0.39 is 23.5 Å². The van der Waals surface area contributed by atoms with Gasteiger partial charge in [-0.3, -0.25) is 9.59 Å². The van der Waals surface area contributed by atoms with Gasteiger partial charge in [-0.1, -0.05) is 36.4 Å². The van der Waals surface area contributed by atoms with Crippen LogP contribution in [0.1, 0.15) is 28.4 Å². The Hall–Kier alpha value is -3.32. The molecule has 7 nitrogen and oxygen atoms in total. The number of hydrogen-bond acceptors (Lipinski definition) is 6. The van der Waals surface area contributed by atoms with Gasteiger partial charge in [0.1, 0.15) is 0 Å². The molecule has 1 aliphatic rings. The molecule has 1 atom stereocenters. The van der Waals surface area contributed by atoms with Gasteiger partial charge in [0.15, 0.2) is 23.0 Å². The van der Waals surface area contributed by atoms with Crippen molar-refractivity contribution < 1.29 is 24.5 Å². The zero-order chi connectivity index (χ0) is 21.8. The second kappa shape index (κ2) is 9.00. The van der Waals surface area contributed by atoms with Crippen molar-refractivity contribution in [3.05, 3.63) is 71.0 Å². The SMILES string of the molecule is COc1cc(C2C(C(=O)c3ccccc3)=C(O)C(=O)N2CCCN(C)C)ccc1O. The lowest BCUT2D eigenvalue weighted by molar-refractivity contribution is -0.129. The van der Waals surface area contributed by atoms with Crippen molar-refractivity contribution in [2.75, 3.05) is 34.3 Å². The predicted octanol–water partition coefficient (Wildman–Crippen LogP) is 2.93. The molecule has 3 rings (SSSR count). The minimum atomic E-state index is -0.776. The van der Waals surface area contributed by atoms with Crippen LogP contribution in [0.4, 0.5) is 0 Å². The van der Waals surface area contributed by atoms with Crippen LogP contribution in [-0.4, -0.2) is 66.0 Å². The molecule has 30 heavy (non-hydrogen) atoms. The third kappa shape index (κ3) is 4.16. The molecule has 0 saturated heterocycles. The number of phenolic OH excluding ortho intramolecular Hbond substituents is 1. The summed E-state index contributed by atoms with van der Waals surface area (Å²) in [5, 5.41) is 20.6. The fraction of sp³-hybridized carbons (Fsp3) is 0.304. The van der Waals surface area contributed by atoms with Crippen LogP contribution in [0.15, 0.2) is 59.9 Å². The van der Waals surface area contributed by atoms with E-state index in [0.717, 1.165) is 6.54 Å². The lowest BCUT2D eigenvalue weighted by Crippen LogP contribution is -2.33. The highest BCUT2D eigenvalue weighted by Crippen LogP contribution is 2.41. The number of aliphatic hydroxyl groups is 1. The summed E-state index contributed by atoms with van der Waals surface area (Å²) in [6.45, 7) is 1.11. The van der Waals surface area contributed by atoms with Gasteiger partial charge in [-0.15, -0.1) is 0 Å². The maximum atomic E-state index is 13.3. The molecule has 7 heteroatoms. The van der Waals surface area contributed by atoms with Crippen LogP contribution in [0.2, 0.25) is 0 Å². The van der Waals surface area contributed by atoms with Crippen molar-refractivity contribution in [3.8, 4) is 11.5 Å². The first-order valence-electron chi connectivity index (χ1n) is 9.70. The molecule has 1 amide bonds. The predicted molar refractivity (Wildman–Crippen MR) is 113 cm³/mol. The molecule has 0 bridgehead atoms. The van der Waals surface area contributed by atoms with E-state index in [9.17, 15) is 19.8 Å². The summed E-state index contributed by atoms with van der Waals surface area (Å²) in [5.41, 5.74) is 0.993. The Morgan fingerprint density at radius 1 is 1.13 bits per heavy atom. The van der Waals surface area contributed by atoms with Gasteiger partial charge in [-0.2, -0.15) is 0 Å². The molecule has 1 unspecified atom stereocenters. The first-order valence-corrected chi connectivity index (χ1v) is 9.70. The molecule has 0 aromatic heterocycles. The Kier molecular flexibility index (Phi) is 6.42. The number of aromatic hydroxyl groups is 1. The van der Waals surface area contributed by atoms with E-state index in [1.165, 1.54) is 18.1 Å². The minimum absolute atomic E-state index is 0.0313. The smallest absolute Gasteiger partial charge is 0.290 e. The number of Topliss-reactive ketones (excluding diaryl/α,β-unsaturated/α-hetero) is 1. The van der Waals surface area contributed by atoms with Crippen molar-refractivity contribution in [3.63, 3.8) is 0 Å². The number of ether oxygens (including phenoxy) is 1. The Morgan fingerprint density at radius 3 is 2.47 bits per heavy atom. The Labute approximate surface area is 175 Å². The quantitative estimate of drug-likeness (QED) is 0.651. The molecule has 2 N–H and O–H groups in total. The maximum absolute atomic E-state index is 13.3. The van der Waals surface area contributed by atoms with E-state index in [-0.39, 0.29) is 17.1 Å². The number of aliphatic hydroxyl groups excluding tert-OH is 1. The van der Waals surface area contributed by atoms with Gasteiger partial charge in [0.2, 0.25) is 0 Å². The molecule has 0 saturated carbocycles. The lowest BCUT2D eigenvalue weighted by atomic mass is 9.92. The summed E-state index contributed by atoms with van der Waals surface area (Å²) in [6, 6.07) is 12.4. The summed E-state index contributed by atoms with van der Waals surface area (Å²) in [5.74, 6) is -1.34. The largest absolute Gasteiger partial charge is 0.504 e. The molecule has 0 radical (unpaired) electrons. The van der Waals surface area contributed by atoms with Gasteiger partial charge >= 0.3 is 0 Å². The highest BCUT2D eigenvalue weighted by Gasteiger charge is 2.43. The molecule has 0 spiro atoms. The maximum Gasteiger partial charge on any atom is 0.290 e. The van der Waals surface area contributed by atoms with Crippen LogP contribution in [0.25, 0.3) is 0 Å². The molecule has 0 aliphatic carbocycles. The first-order chi connectivity index (χ1) is 14.3. The van der Waals surface area contributed by atoms with Gasteiger partial charge in [0, 0.05) is 12.1 Å². The van der Waals surface area contributed by atoms with Crippen molar-refractivity contribution in [1.29, 1.82) is 0 Å². The van der Waals surface area contributed by atoms with Gasteiger partial charge in [-0.25, -0.2) is 0 Å². The molecular weight excluding hydrogens is 384 g/mol. The molecule has 158 valence electrons. The number of hydrogen-bond donors (Lipinski definition) is 2. The average Bonchev–Trinajstić information content (AvgIpc) is 2.99. The van der Waals surface area contributed by atoms with E-state index in [4.69, 9.17) is 4.74 Å². The van der Waals surface area contributed by atoms with Crippen LogP contribution in [0.5, 0.6) is 11.5 Å². The standard InChI is InChI=1S/C23H26N2O5/c1-24(2)12-7-13-25-20(16-10-11-17(26)18(14-16)30-3)19(22(28)23(25)29)21(27)15-8-5-4-6-9-15/h4-6,8-11,14,20,26,28H,7,12-13H2,1-3H3. The highest BCUT2D eigenvalue weighted by atomic mass is 16.5. The Morgan fingerprint density at radius 2 is 1.83 bits per heavy atom. The van der Waals surface area contributed by atoms with Crippen molar-refractivity contribution in [1.82, 2.24) is 9.80 Å². The number of benzene rings is 2. The van der Waals surface area contributed by atoms with E-state index in [1.807, 2.05) is 19.0 Å². The Bertz CT molecular complexity index is 969. The second-order valence-corrected chi connectivity index (χ2v) is 7.45. The number of ketones is 1. The van der Waals surface area contributed by atoms with Gasteiger partial charge in [-0.05, 0) is 44.8 Å². The number of carbonyl (C=O) groups excluding carboxylic acids is 2. The van der Waals surface area contributed by atoms with E-state index in [1.54, 1.807) is 42.5 Å². The van der Waals surface area contributed by atoms with Gasteiger partial charge in [0.05, 0.1) is 18.7 Å². The summed E-state index contributed by atoms with van der Waals surface area (Å²) >= 11 is 0. The molecule has 1 aliphatic heterocycles. The normalized spacial score (nSPS) is 16.5. The summed E-state index contributed by atoms with van der Waals surface area (Å²) in [4.78, 5) is 29.7. The summed E-state index contributed by atoms with van der Waals surface area (Å²) < 4.78 is 5.20. The lowest BCUT2D eigenvalue weighted by Gasteiger charge is -2.27. The number of rotatable bonds is 8. The van der Waals surface area contributed by atoms with Crippen molar-refractivity contribution in [2.24, 2.45) is 0 Å². The van der Waals surface area contributed by atoms with Crippen LogP contribution in [-0.2, 0) is 4.79 Å². The third-order valence-electron chi connectivity index (χ3n) is 5.11. The second-order valence-electron chi connectivity index (χ2n) is 7.45. The van der Waals surface area contributed by atoms with Crippen LogP contribution in [0.3, 0.4) is 0 Å². The monoisotopic (exact) mass is 410 g/mol. The molecule has 2 aromatic carbocycles.